The molecule has 0 amide bonds. The van der Waals surface area contributed by atoms with Gasteiger partial charge in [-0.2, -0.15) is 0 Å². The molecule has 317 valence electrons. The van der Waals surface area contributed by atoms with Crippen molar-refractivity contribution in [1.82, 2.24) is 19.5 Å². The largest absolute Gasteiger partial charge is 0.500 e. The average Bonchev–Trinajstić information content (AvgIpc) is 3.81. The predicted octanol–water partition coefficient (Wildman–Crippen LogP) is 14.3. The van der Waals surface area contributed by atoms with Crippen LogP contribution in [0.15, 0.2) is 132 Å². The van der Waals surface area contributed by atoms with E-state index in [0.29, 0.717) is 17.8 Å². The normalized spacial score (nSPS) is 11.8. The van der Waals surface area contributed by atoms with Crippen molar-refractivity contribution in [1.29, 1.82) is 0 Å². The molecule has 62 heavy (non-hydrogen) atoms. The number of imidazole rings is 1. The zero-order valence-electron chi connectivity index (χ0n) is 37.6. The fourth-order valence-electron chi connectivity index (χ4n) is 8.42. The van der Waals surface area contributed by atoms with Gasteiger partial charge in [0.05, 0.1) is 30.5 Å². The molecular weight excluding hydrogens is 953 g/mol. The number of aryl methyl sites for hydroxylation is 1. The number of benzene rings is 5. The van der Waals surface area contributed by atoms with E-state index in [1.807, 2.05) is 43.5 Å². The van der Waals surface area contributed by atoms with Crippen LogP contribution in [0.1, 0.15) is 75.8 Å². The summed E-state index contributed by atoms with van der Waals surface area (Å²) in [5.74, 6) is 2.25. The summed E-state index contributed by atoms with van der Waals surface area (Å²) >= 11 is 0. The van der Waals surface area contributed by atoms with Gasteiger partial charge in [0.15, 0.2) is 0 Å². The van der Waals surface area contributed by atoms with Gasteiger partial charge in [0, 0.05) is 55.3 Å². The van der Waals surface area contributed by atoms with Crippen molar-refractivity contribution in [3.05, 3.63) is 162 Å². The summed E-state index contributed by atoms with van der Waals surface area (Å²) in [6.45, 7) is 22.8. The molecule has 5 nitrogen and oxygen atoms in total. The standard InChI is InChI=1S/C31H29N2.C24H27N2OSi.Ir/c1-21(2)26-19-25(23-13-7-5-8-14-23)20-27(22(3)4)30(26)33-29-18-12-11-17-28(29)32-31(33)24-15-9-6-10-16-24;1-15(2)10-17-12-21(26-14-23(17)28(4,5)6)19-9-7-8-18-20-13-25-16(3)11-22(20)27-24(18)19;/h5-15,17-22H,1-4H3;7-8,11-15H,10H2,1-6H3;/q2*-1;. The Morgan fingerprint density at radius 3 is 2.05 bits per heavy atom. The number of pyridine rings is 2. The van der Waals surface area contributed by atoms with Crippen LogP contribution < -0.4 is 5.19 Å². The third kappa shape index (κ3) is 9.03. The van der Waals surface area contributed by atoms with E-state index in [0.717, 1.165) is 67.7 Å². The maximum Gasteiger partial charge on any atom is 0.124 e. The second kappa shape index (κ2) is 18.5. The fraction of sp³-hybridized carbons (Fsp3) is 0.255. The van der Waals surface area contributed by atoms with E-state index in [9.17, 15) is 0 Å². The first kappa shape index (κ1) is 44.6. The van der Waals surface area contributed by atoms with Crippen molar-refractivity contribution in [3.63, 3.8) is 0 Å². The Morgan fingerprint density at radius 1 is 0.694 bits per heavy atom. The minimum atomic E-state index is -1.46. The van der Waals surface area contributed by atoms with Crippen molar-refractivity contribution in [3.8, 4) is 39.5 Å². The number of hydrogen-bond donors (Lipinski definition) is 0. The van der Waals surface area contributed by atoms with Gasteiger partial charge in [-0.05, 0) is 88.5 Å². The summed E-state index contributed by atoms with van der Waals surface area (Å²) in [7, 11) is -1.46. The molecule has 9 aromatic rings. The van der Waals surface area contributed by atoms with Crippen LogP contribution in [0.25, 0.3) is 72.4 Å². The van der Waals surface area contributed by atoms with Gasteiger partial charge in [-0.1, -0.05) is 126 Å². The maximum absolute atomic E-state index is 6.23. The van der Waals surface area contributed by atoms with Gasteiger partial charge >= 0.3 is 0 Å². The Balaban J connectivity index is 0.000000186. The van der Waals surface area contributed by atoms with E-state index in [1.165, 1.54) is 38.7 Å². The summed E-state index contributed by atoms with van der Waals surface area (Å²) in [5, 5.41) is 3.55. The molecule has 0 fully saturated rings. The van der Waals surface area contributed by atoms with Crippen LogP contribution >= 0.6 is 0 Å². The maximum atomic E-state index is 6.23. The number of nitrogens with zero attached hydrogens (tertiary/aromatic N) is 4. The van der Waals surface area contributed by atoms with E-state index >= 15 is 0 Å². The van der Waals surface area contributed by atoms with Crippen LogP contribution in [0.3, 0.4) is 0 Å². The number of hydrogen-bond acceptors (Lipinski definition) is 4. The molecule has 0 saturated heterocycles. The van der Waals surface area contributed by atoms with Gasteiger partial charge in [0.2, 0.25) is 0 Å². The number of furan rings is 1. The van der Waals surface area contributed by atoms with Crippen molar-refractivity contribution >= 4 is 46.2 Å². The summed E-state index contributed by atoms with van der Waals surface area (Å²) in [4.78, 5) is 14.4. The van der Waals surface area contributed by atoms with Gasteiger partial charge in [-0.25, -0.2) is 0 Å². The van der Waals surface area contributed by atoms with E-state index in [1.54, 1.807) is 0 Å². The van der Waals surface area contributed by atoms with Crippen LogP contribution in [0.2, 0.25) is 19.6 Å². The van der Waals surface area contributed by atoms with Crippen molar-refractivity contribution < 1.29 is 24.5 Å². The fourth-order valence-corrected chi connectivity index (χ4v) is 10.0. The molecule has 9 rings (SSSR count). The first-order valence-corrected chi connectivity index (χ1v) is 25.2. The minimum Gasteiger partial charge on any atom is -0.500 e. The second-order valence-corrected chi connectivity index (χ2v) is 23.3. The van der Waals surface area contributed by atoms with Crippen LogP contribution in [0, 0.1) is 25.0 Å². The van der Waals surface area contributed by atoms with Crippen LogP contribution in [-0.2, 0) is 26.5 Å². The molecule has 7 heteroatoms. The molecule has 0 saturated carbocycles. The Kier molecular flexibility index (Phi) is 13.3. The molecule has 4 heterocycles. The molecular formula is C55H56IrN4OSi-2. The number of fused-ring (bicyclic) bond motifs is 4. The average molecular weight is 1010 g/mol. The minimum absolute atomic E-state index is 0. The zero-order valence-corrected chi connectivity index (χ0v) is 41.0. The summed E-state index contributed by atoms with van der Waals surface area (Å²) in [6.07, 6.45) is 5.06. The van der Waals surface area contributed by atoms with E-state index in [-0.39, 0.29) is 20.1 Å². The first-order chi connectivity index (χ1) is 29.3. The molecule has 0 unspecified atom stereocenters. The van der Waals surface area contributed by atoms with Crippen LogP contribution in [0.4, 0.5) is 0 Å². The topological polar surface area (TPSA) is 56.7 Å². The van der Waals surface area contributed by atoms with Crippen molar-refractivity contribution in [2.75, 3.05) is 0 Å². The monoisotopic (exact) mass is 1010 g/mol. The molecule has 0 aliphatic rings. The molecule has 4 aromatic heterocycles. The van der Waals surface area contributed by atoms with Gasteiger partial charge in [-0.15, -0.1) is 54.1 Å². The third-order valence-electron chi connectivity index (χ3n) is 11.4. The van der Waals surface area contributed by atoms with Crippen molar-refractivity contribution in [2.24, 2.45) is 5.92 Å². The second-order valence-electron chi connectivity index (χ2n) is 18.3. The Labute approximate surface area is 382 Å². The van der Waals surface area contributed by atoms with Crippen LogP contribution in [0.5, 0.6) is 0 Å². The number of para-hydroxylation sites is 2. The van der Waals surface area contributed by atoms with E-state index in [4.69, 9.17) is 14.4 Å². The Morgan fingerprint density at radius 2 is 1.39 bits per heavy atom. The Bertz CT molecular complexity index is 2950. The Hall–Kier alpha value is -5.46. The smallest absolute Gasteiger partial charge is 0.124 e. The van der Waals surface area contributed by atoms with Crippen molar-refractivity contribution in [2.45, 2.75) is 86.4 Å². The molecule has 0 spiro atoms. The van der Waals surface area contributed by atoms with Gasteiger partial charge < -0.3 is 14.0 Å². The molecule has 5 aromatic carbocycles. The van der Waals surface area contributed by atoms with E-state index < -0.39 is 8.07 Å². The molecule has 0 N–H and O–H groups in total. The molecule has 1 radical (unpaired) electrons. The van der Waals surface area contributed by atoms with Gasteiger partial charge in [0.25, 0.3) is 0 Å². The number of rotatable bonds is 9. The van der Waals surface area contributed by atoms with Crippen LogP contribution in [-0.4, -0.2) is 27.6 Å². The first-order valence-electron chi connectivity index (χ1n) is 21.7. The molecule has 0 bridgehead atoms. The van der Waals surface area contributed by atoms with Gasteiger partial charge in [-0.3, -0.25) is 9.97 Å². The van der Waals surface area contributed by atoms with E-state index in [2.05, 4.69) is 174 Å². The summed E-state index contributed by atoms with van der Waals surface area (Å²) < 4.78 is 8.60. The molecule has 0 aliphatic carbocycles. The quantitative estimate of drug-likeness (QED) is 0.107. The predicted molar refractivity (Wildman–Crippen MR) is 259 cm³/mol. The molecule has 0 atom stereocenters. The third-order valence-corrected chi connectivity index (χ3v) is 13.5. The SMILES string of the molecule is CC(C)c1cc(-c2ccccc2)cc(C(C)C)c1-n1c(-c2[c-]cccc2)nc2ccccc21.Cc1cc2oc3c(-c4cc(CC(C)C)c([Si](C)(C)C)cn4)[c-]ccc3c2cn1.[Ir]. The number of aromatic nitrogens is 4. The zero-order chi connectivity index (χ0) is 43.0. The molecule has 0 aliphatic heterocycles. The van der Waals surface area contributed by atoms with Gasteiger partial charge in [0.1, 0.15) is 5.58 Å². The summed E-state index contributed by atoms with van der Waals surface area (Å²) in [5.41, 5.74) is 15.5. The summed E-state index contributed by atoms with van der Waals surface area (Å²) in [6, 6.07) is 47.0.